The maximum absolute atomic E-state index is 13.6. The second kappa shape index (κ2) is 6.92. The number of aliphatic imine (C=N–C) groups is 1. The zero-order chi connectivity index (χ0) is 19.9. The molecule has 1 aromatic rings. The van der Waals surface area contributed by atoms with Crippen LogP contribution in [0, 0.1) is 5.92 Å². The van der Waals surface area contributed by atoms with Gasteiger partial charge in [-0.1, -0.05) is 18.2 Å². The van der Waals surface area contributed by atoms with Crippen molar-refractivity contribution in [3.8, 4) is 0 Å². The lowest BCUT2D eigenvalue weighted by atomic mass is 9.72. The summed E-state index contributed by atoms with van der Waals surface area (Å²) in [5, 5.41) is 0. The summed E-state index contributed by atoms with van der Waals surface area (Å²) in [6, 6.07) is 5.04. The first-order chi connectivity index (χ1) is 12.6. The quantitative estimate of drug-likeness (QED) is 0.741. The van der Waals surface area contributed by atoms with E-state index in [0.29, 0.717) is 18.0 Å². The van der Waals surface area contributed by atoms with Crippen molar-refractivity contribution in [2.45, 2.75) is 19.0 Å². The Morgan fingerprint density at radius 3 is 2.56 bits per heavy atom. The van der Waals surface area contributed by atoms with E-state index >= 15 is 0 Å². The molecular weight excluding hydrogens is 361 g/mol. The minimum absolute atomic E-state index is 0.0615. The number of hydrogen-bond acceptors (Lipinski definition) is 5. The number of esters is 1. The summed E-state index contributed by atoms with van der Waals surface area (Å²) in [6.07, 6.45) is -4.62. The van der Waals surface area contributed by atoms with Crippen molar-refractivity contribution in [2.75, 3.05) is 27.2 Å². The van der Waals surface area contributed by atoms with E-state index in [-0.39, 0.29) is 23.5 Å². The average Bonchev–Trinajstić information content (AvgIpc) is 2.58. The number of methoxy groups -OCH3 is 1. The molecule has 1 aromatic carbocycles. The Morgan fingerprint density at radius 2 is 1.93 bits per heavy atom. The van der Waals surface area contributed by atoms with Gasteiger partial charge in [0.25, 0.3) is 0 Å². The van der Waals surface area contributed by atoms with Crippen LogP contribution >= 0.6 is 0 Å². The number of Topliss-reactive ketones (excluding diaryl/α,β-unsaturated/α-hetero) is 1. The number of hydrogen-bond donors (Lipinski definition) is 0. The third kappa shape index (κ3) is 3.41. The van der Waals surface area contributed by atoms with Crippen LogP contribution in [0.1, 0.15) is 24.0 Å². The van der Waals surface area contributed by atoms with Crippen molar-refractivity contribution in [1.82, 2.24) is 4.90 Å². The van der Waals surface area contributed by atoms with Gasteiger partial charge in [0.1, 0.15) is 5.92 Å². The van der Waals surface area contributed by atoms with Gasteiger partial charge in [0.05, 0.1) is 24.9 Å². The van der Waals surface area contributed by atoms with E-state index in [0.717, 1.165) is 6.07 Å². The third-order valence-corrected chi connectivity index (χ3v) is 4.91. The topological polar surface area (TPSA) is 59.0 Å². The molecule has 2 heterocycles. The highest BCUT2D eigenvalue weighted by atomic mass is 19.4. The molecule has 27 heavy (non-hydrogen) atoms. The van der Waals surface area contributed by atoms with Gasteiger partial charge in [-0.25, -0.2) is 0 Å². The third-order valence-electron chi connectivity index (χ3n) is 4.91. The largest absolute Gasteiger partial charge is 0.468 e. The van der Waals surface area contributed by atoms with Gasteiger partial charge in [0, 0.05) is 23.7 Å². The summed E-state index contributed by atoms with van der Waals surface area (Å²) < 4.78 is 45.7. The Kier molecular flexibility index (Phi) is 4.94. The van der Waals surface area contributed by atoms with E-state index in [2.05, 4.69) is 4.99 Å². The van der Waals surface area contributed by atoms with Gasteiger partial charge in [-0.3, -0.25) is 19.5 Å². The molecule has 2 aliphatic heterocycles. The smallest absolute Gasteiger partial charge is 0.416 e. The molecule has 0 aliphatic carbocycles. The van der Waals surface area contributed by atoms with Crippen LogP contribution in [0.25, 0.3) is 0 Å². The monoisotopic (exact) mass is 380 g/mol. The minimum Gasteiger partial charge on any atom is -0.468 e. The van der Waals surface area contributed by atoms with Crippen LogP contribution in [-0.4, -0.2) is 49.6 Å². The SMILES string of the molecule is COC(=O)C1C(C)=NC2=C(C(=O)CN(C)C2)C1c1ccccc1C(F)(F)F. The Hall–Kier alpha value is -2.48. The standard InChI is InChI=1S/C19H19F3N2O3/c1-10-15(18(26)27-3)16(11-6-4-5-7-12(11)19(20,21)22)17-13(23-10)8-24(2)9-14(17)25/h4-7,15-16H,8-9H2,1-3H3. The first-order valence-corrected chi connectivity index (χ1v) is 8.39. The Morgan fingerprint density at radius 1 is 1.26 bits per heavy atom. The molecule has 0 saturated carbocycles. The highest BCUT2D eigenvalue weighted by Gasteiger charge is 2.46. The summed E-state index contributed by atoms with van der Waals surface area (Å²) in [7, 11) is 2.90. The maximum atomic E-state index is 13.6. The lowest BCUT2D eigenvalue weighted by Crippen LogP contribution is -2.43. The molecule has 2 atom stereocenters. The predicted octanol–water partition coefficient (Wildman–Crippen LogP) is 2.82. The molecule has 0 amide bonds. The Balaban J connectivity index is 2.27. The van der Waals surface area contributed by atoms with Crippen molar-refractivity contribution in [1.29, 1.82) is 0 Å². The van der Waals surface area contributed by atoms with Gasteiger partial charge >= 0.3 is 12.1 Å². The number of alkyl halides is 3. The fraction of sp³-hybridized carbons (Fsp3) is 0.421. The van der Waals surface area contributed by atoms with E-state index in [1.54, 1.807) is 18.9 Å². The molecule has 0 bridgehead atoms. The van der Waals surface area contributed by atoms with Crippen molar-refractivity contribution in [2.24, 2.45) is 10.9 Å². The van der Waals surface area contributed by atoms with E-state index in [9.17, 15) is 22.8 Å². The molecular formula is C19H19F3N2O3. The predicted molar refractivity (Wildman–Crippen MR) is 92.3 cm³/mol. The molecule has 144 valence electrons. The lowest BCUT2D eigenvalue weighted by molar-refractivity contribution is -0.144. The zero-order valence-corrected chi connectivity index (χ0v) is 15.1. The van der Waals surface area contributed by atoms with Crippen LogP contribution in [0.2, 0.25) is 0 Å². The second-order valence-corrected chi connectivity index (χ2v) is 6.77. The van der Waals surface area contributed by atoms with E-state index in [4.69, 9.17) is 4.74 Å². The molecule has 2 aliphatic rings. The fourth-order valence-electron chi connectivity index (χ4n) is 3.82. The van der Waals surface area contributed by atoms with Crippen LogP contribution in [-0.2, 0) is 20.5 Å². The number of rotatable bonds is 2. The highest BCUT2D eigenvalue weighted by molar-refractivity contribution is 6.09. The van der Waals surface area contributed by atoms with Crippen molar-refractivity contribution in [3.63, 3.8) is 0 Å². The number of carbonyl (C=O) groups is 2. The lowest BCUT2D eigenvalue weighted by Gasteiger charge is -2.37. The van der Waals surface area contributed by atoms with Crippen molar-refractivity contribution >= 4 is 17.5 Å². The van der Waals surface area contributed by atoms with Crippen LogP contribution in [0.3, 0.4) is 0 Å². The average molecular weight is 380 g/mol. The molecule has 0 spiro atoms. The molecule has 8 heteroatoms. The van der Waals surface area contributed by atoms with E-state index < -0.39 is 29.5 Å². The number of carbonyl (C=O) groups excluding carboxylic acids is 2. The molecule has 2 unspecified atom stereocenters. The Labute approximate surface area is 154 Å². The number of halogens is 3. The molecule has 0 aromatic heterocycles. The first-order valence-electron chi connectivity index (χ1n) is 8.39. The first kappa shape index (κ1) is 19.3. The van der Waals surface area contributed by atoms with Crippen LogP contribution in [0.4, 0.5) is 13.2 Å². The van der Waals surface area contributed by atoms with E-state index in [1.807, 2.05) is 0 Å². The minimum atomic E-state index is -4.62. The molecule has 0 fully saturated rings. The number of ketones is 1. The highest BCUT2D eigenvalue weighted by Crippen LogP contribution is 2.45. The summed E-state index contributed by atoms with van der Waals surface area (Å²) in [4.78, 5) is 31.3. The molecule has 0 radical (unpaired) electrons. The van der Waals surface area contributed by atoms with Crippen LogP contribution in [0.5, 0.6) is 0 Å². The van der Waals surface area contributed by atoms with Crippen LogP contribution in [0.15, 0.2) is 40.5 Å². The number of benzene rings is 1. The second-order valence-electron chi connectivity index (χ2n) is 6.77. The van der Waals surface area contributed by atoms with Crippen LogP contribution < -0.4 is 0 Å². The summed E-state index contributed by atoms with van der Waals surface area (Å²) in [6.45, 7) is 1.97. The van der Waals surface area contributed by atoms with Gasteiger partial charge in [-0.15, -0.1) is 0 Å². The van der Waals surface area contributed by atoms with E-state index in [1.165, 1.54) is 25.3 Å². The normalized spacial score (nSPS) is 23.8. The summed E-state index contributed by atoms with van der Waals surface area (Å²) >= 11 is 0. The molecule has 3 rings (SSSR count). The van der Waals surface area contributed by atoms with Gasteiger partial charge < -0.3 is 4.74 Å². The Bertz CT molecular complexity index is 858. The number of ether oxygens (including phenoxy) is 1. The van der Waals surface area contributed by atoms with Gasteiger partial charge in [-0.2, -0.15) is 13.2 Å². The molecule has 0 saturated heterocycles. The summed E-state index contributed by atoms with van der Waals surface area (Å²) in [5.74, 6) is -3.20. The van der Waals surface area contributed by atoms with Crippen molar-refractivity contribution < 1.29 is 27.5 Å². The van der Waals surface area contributed by atoms with Gasteiger partial charge in [0.2, 0.25) is 0 Å². The van der Waals surface area contributed by atoms with Gasteiger partial charge in [0.15, 0.2) is 5.78 Å². The molecule has 0 N–H and O–H groups in total. The maximum Gasteiger partial charge on any atom is 0.416 e. The van der Waals surface area contributed by atoms with Crippen molar-refractivity contribution in [3.05, 3.63) is 46.7 Å². The molecule has 5 nitrogen and oxygen atoms in total. The zero-order valence-electron chi connectivity index (χ0n) is 15.1. The summed E-state index contributed by atoms with van der Waals surface area (Å²) in [5.41, 5.74) is -0.0536. The number of nitrogens with zero attached hydrogens (tertiary/aromatic N) is 2. The number of likely N-dealkylation sites (N-methyl/N-ethyl adjacent to an activating group) is 1. The van der Waals surface area contributed by atoms with Gasteiger partial charge in [-0.05, 0) is 25.6 Å². The fourth-order valence-corrected chi connectivity index (χ4v) is 3.82.